The monoisotopic (exact) mass is 396 g/mol. The van der Waals surface area contributed by atoms with Crippen molar-refractivity contribution < 1.29 is 13.9 Å². The molecule has 1 saturated heterocycles. The molecule has 3 N–H and O–H groups in total. The number of nitrogens with one attached hydrogen (secondary N) is 1. The smallest absolute Gasteiger partial charge is 0.146 e. The van der Waals surface area contributed by atoms with Crippen LogP contribution in [0.3, 0.4) is 0 Å². The summed E-state index contributed by atoms with van der Waals surface area (Å²) in [6.07, 6.45) is 0.889. The SMILES string of the molecule is Nc1ccc(N2CCc3[nH]c4cc(F)ccc4c3C2)cc1OCN1CCOCC1. The molecule has 0 aliphatic carbocycles. The summed E-state index contributed by atoms with van der Waals surface area (Å²) in [5.41, 5.74) is 11.2. The van der Waals surface area contributed by atoms with E-state index in [0.29, 0.717) is 18.2 Å². The van der Waals surface area contributed by atoms with Gasteiger partial charge in [0.2, 0.25) is 0 Å². The topological polar surface area (TPSA) is 66.8 Å². The van der Waals surface area contributed by atoms with Crippen LogP contribution in [0.1, 0.15) is 11.3 Å². The fraction of sp³-hybridized carbons (Fsp3) is 0.364. The maximum atomic E-state index is 13.6. The van der Waals surface area contributed by atoms with Crippen molar-refractivity contribution in [2.45, 2.75) is 13.0 Å². The first kappa shape index (κ1) is 18.3. The lowest BCUT2D eigenvalue weighted by molar-refractivity contribution is 0.00426. The van der Waals surface area contributed by atoms with Crippen molar-refractivity contribution in [3.05, 3.63) is 53.5 Å². The number of nitrogens with two attached hydrogens (primary N) is 1. The quantitative estimate of drug-likeness (QED) is 0.664. The van der Waals surface area contributed by atoms with Gasteiger partial charge in [-0.25, -0.2) is 4.39 Å². The average Bonchev–Trinajstić information content (AvgIpc) is 3.10. The third-order valence-corrected chi connectivity index (χ3v) is 5.81. The zero-order valence-corrected chi connectivity index (χ0v) is 16.3. The van der Waals surface area contributed by atoms with Gasteiger partial charge in [-0.2, -0.15) is 0 Å². The van der Waals surface area contributed by atoms with Crippen LogP contribution in [0.25, 0.3) is 10.9 Å². The van der Waals surface area contributed by atoms with Crippen LogP contribution < -0.4 is 15.4 Å². The molecule has 3 aromatic rings. The first-order chi connectivity index (χ1) is 14.2. The third-order valence-electron chi connectivity index (χ3n) is 5.81. The van der Waals surface area contributed by atoms with E-state index in [0.717, 1.165) is 62.4 Å². The Hall–Kier alpha value is -2.77. The van der Waals surface area contributed by atoms with Crippen LogP contribution in [0.5, 0.6) is 5.75 Å². The van der Waals surface area contributed by atoms with Gasteiger partial charge in [0.05, 0.1) is 18.9 Å². The van der Waals surface area contributed by atoms with E-state index in [9.17, 15) is 4.39 Å². The predicted octanol–water partition coefficient (Wildman–Crippen LogP) is 3.12. The molecule has 1 fully saturated rings. The van der Waals surface area contributed by atoms with Crippen molar-refractivity contribution in [2.75, 3.05) is 50.2 Å². The number of ether oxygens (including phenoxy) is 2. The molecule has 3 heterocycles. The lowest BCUT2D eigenvalue weighted by atomic mass is 10.0. The lowest BCUT2D eigenvalue weighted by Gasteiger charge is -2.30. The van der Waals surface area contributed by atoms with E-state index in [1.165, 1.54) is 17.3 Å². The first-order valence-electron chi connectivity index (χ1n) is 10.0. The van der Waals surface area contributed by atoms with Gasteiger partial charge >= 0.3 is 0 Å². The van der Waals surface area contributed by atoms with Gasteiger partial charge in [0, 0.05) is 66.5 Å². The van der Waals surface area contributed by atoms with Crippen LogP contribution in [0.4, 0.5) is 15.8 Å². The van der Waals surface area contributed by atoms with Crippen molar-refractivity contribution in [1.29, 1.82) is 0 Å². The molecule has 7 heteroatoms. The van der Waals surface area contributed by atoms with Gasteiger partial charge in [-0.15, -0.1) is 0 Å². The number of hydrogen-bond donors (Lipinski definition) is 2. The van der Waals surface area contributed by atoms with Gasteiger partial charge in [0.15, 0.2) is 0 Å². The second kappa shape index (κ2) is 7.57. The number of aromatic nitrogens is 1. The number of nitrogens with zero attached hydrogens (tertiary/aromatic N) is 2. The number of H-pyrrole nitrogens is 1. The molecule has 2 aliphatic heterocycles. The summed E-state index contributed by atoms with van der Waals surface area (Å²) in [5.74, 6) is 0.495. The van der Waals surface area contributed by atoms with Crippen LogP contribution in [-0.2, 0) is 17.7 Å². The molecule has 152 valence electrons. The highest BCUT2D eigenvalue weighted by atomic mass is 19.1. The highest BCUT2D eigenvalue weighted by Gasteiger charge is 2.22. The normalized spacial score (nSPS) is 17.5. The van der Waals surface area contributed by atoms with Crippen LogP contribution >= 0.6 is 0 Å². The number of fused-ring (bicyclic) bond motifs is 3. The van der Waals surface area contributed by atoms with Crippen molar-refractivity contribution >= 4 is 22.3 Å². The predicted molar refractivity (Wildman–Crippen MR) is 112 cm³/mol. The molecule has 0 atom stereocenters. The molecule has 2 aliphatic rings. The van der Waals surface area contributed by atoms with E-state index in [4.69, 9.17) is 15.2 Å². The lowest BCUT2D eigenvalue weighted by Crippen LogP contribution is -2.38. The minimum Gasteiger partial charge on any atom is -0.476 e. The number of aromatic amines is 1. The minimum absolute atomic E-state index is 0.214. The minimum atomic E-state index is -0.214. The van der Waals surface area contributed by atoms with Crippen LogP contribution in [0.15, 0.2) is 36.4 Å². The molecular weight excluding hydrogens is 371 g/mol. The maximum absolute atomic E-state index is 13.6. The number of rotatable bonds is 4. The number of morpholine rings is 1. The van der Waals surface area contributed by atoms with Crippen molar-refractivity contribution in [2.24, 2.45) is 0 Å². The Morgan fingerprint density at radius 3 is 2.83 bits per heavy atom. The summed E-state index contributed by atoms with van der Waals surface area (Å²) in [6.45, 7) is 5.39. The fourth-order valence-electron chi connectivity index (χ4n) is 4.15. The molecule has 0 amide bonds. The summed E-state index contributed by atoms with van der Waals surface area (Å²) >= 11 is 0. The van der Waals surface area contributed by atoms with E-state index in [2.05, 4.69) is 14.8 Å². The zero-order valence-electron chi connectivity index (χ0n) is 16.3. The van der Waals surface area contributed by atoms with Gasteiger partial charge in [-0.3, -0.25) is 4.90 Å². The van der Waals surface area contributed by atoms with Crippen LogP contribution in [-0.4, -0.2) is 49.5 Å². The van der Waals surface area contributed by atoms with Crippen molar-refractivity contribution in [3.8, 4) is 5.75 Å². The molecule has 0 bridgehead atoms. The Morgan fingerprint density at radius 2 is 1.97 bits per heavy atom. The third kappa shape index (κ3) is 3.63. The average molecular weight is 396 g/mol. The zero-order chi connectivity index (χ0) is 19.8. The van der Waals surface area contributed by atoms with Gasteiger partial charge in [-0.1, -0.05) is 0 Å². The van der Waals surface area contributed by atoms with Crippen molar-refractivity contribution in [3.63, 3.8) is 0 Å². The first-order valence-corrected chi connectivity index (χ1v) is 10.0. The number of hydrogen-bond acceptors (Lipinski definition) is 5. The Balaban J connectivity index is 1.35. The molecule has 2 aromatic carbocycles. The maximum Gasteiger partial charge on any atom is 0.146 e. The van der Waals surface area contributed by atoms with Crippen molar-refractivity contribution in [1.82, 2.24) is 9.88 Å². The summed E-state index contributed by atoms with van der Waals surface area (Å²) in [7, 11) is 0. The number of nitrogen functional groups attached to an aromatic ring is 1. The summed E-state index contributed by atoms with van der Waals surface area (Å²) in [6, 6.07) is 10.9. The Kier molecular flexibility index (Phi) is 4.77. The Morgan fingerprint density at radius 1 is 1.10 bits per heavy atom. The van der Waals surface area contributed by atoms with E-state index in [-0.39, 0.29) is 5.82 Å². The number of halogens is 1. The molecule has 6 nitrogen and oxygen atoms in total. The summed E-state index contributed by atoms with van der Waals surface area (Å²) in [5, 5.41) is 1.09. The largest absolute Gasteiger partial charge is 0.476 e. The van der Waals surface area contributed by atoms with Crippen LogP contribution in [0.2, 0.25) is 0 Å². The molecule has 0 radical (unpaired) electrons. The molecule has 0 saturated carbocycles. The van der Waals surface area contributed by atoms with E-state index in [1.54, 1.807) is 6.07 Å². The number of anilines is 2. The molecular formula is C22H25FN4O2. The molecule has 0 spiro atoms. The van der Waals surface area contributed by atoms with Gasteiger partial charge in [0.1, 0.15) is 18.3 Å². The second-order valence-electron chi connectivity index (χ2n) is 7.67. The Bertz CT molecular complexity index is 1030. The van der Waals surface area contributed by atoms with E-state index in [1.807, 2.05) is 24.3 Å². The van der Waals surface area contributed by atoms with E-state index >= 15 is 0 Å². The number of benzene rings is 2. The summed E-state index contributed by atoms with van der Waals surface area (Å²) in [4.78, 5) is 7.91. The molecule has 0 unspecified atom stereocenters. The van der Waals surface area contributed by atoms with Gasteiger partial charge < -0.3 is 25.1 Å². The fourth-order valence-corrected chi connectivity index (χ4v) is 4.15. The Labute approximate surface area is 169 Å². The standard InChI is InChI=1S/C22H25FN4O2/c23-15-1-3-17-18-13-27(6-5-20(18)25-21(17)11-15)16-2-4-19(24)22(12-16)29-14-26-7-9-28-10-8-26/h1-4,11-12,25H,5-10,13-14,24H2. The molecule has 1 aromatic heterocycles. The van der Waals surface area contributed by atoms with Gasteiger partial charge in [-0.05, 0) is 30.3 Å². The van der Waals surface area contributed by atoms with Gasteiger partial charge in [0.25, 0.3) is 0 Å². The van der Waals surface area contributed by atoms with E-state index < -0.39 is 0 Å². The molecule has 5 rings (SSSR count). The second-order valence-corrected chi connectivity index (χ2v) is 7.67. The highest BCUT2D eigenvalue weighted by molar-refractivity contribution is 5.85. The molecule has 29 heavy (non-hydrogen) atoms. The highest BCUT2D eigenvalue weighted by Crippen LogP contribution is 2.33. The van der Waals surface area contributed by atoms with Crippen LogP contribution in [0, 0.1) is 5.82 Å². The summed E-state index contributed by atoms with van der Waals surface area (Å²) < 4.78 is 25.0.